The Morgan fingerprint density at radius 2 is 1.96 bits per heavy atom. The van der Waals surface area contributed by atoms with Gasteiger partial charge in [0.2, 0.25) is 0 Å². The van der Waals surface area contributed by atoms with Crippen LogP contribution in [0.5, 0.6) is 0 Å². The molecule has 0 aliphatic rings. The van der Waals surface area contributed by atoms with E-state index in [9.17, 15) is 10.1 Å². The number of fused-ring (bicyclic) bond motifs is 1. The lowest BCUT2D eigenvalue weighted by atomic mass is 10.1. The quantitative estimate of drug-likeness (QED) is 0.357. The summed E-state index contributed by atoms with van der Waals surface area (Å²) < 4.78 is 1.66. The third kappa shape index (κ3) is 3.62. The fraction of sp³-hybridized carbons (Fsp3) is 0.0526. The number of nitrogens with one attached hydrogen (secondary N) is 1. The molecule has 0 bridgehead atoms. The number of benzene rings is 2. The number of nitro groups is 1. The maximum Gasteiger partial charge on any atom is 0.270 e. The molecule has 2 aromatic carbocycles. The van der Waals surface area contributed by atoms with Crippen LogP contribution in [0.2, 0.25) is 10.0 Å². The Balaban J connectivity index is 1.71. The van der Waals surface area contributed by atoms with E-state index >= 15 is 0 Å². The average Bonchev–Trinajstić information content (AvgIpc) is 3.16. The summed E-state index contributed by atoms with van der Waals surface area (Å²) >= 11 is 12.2. The highest BCUT2D eigenvalue weighted by molar-refractivity contribution is 6.35. The molecule has 28 heavy (non-hydrogen) atoms. The van der Waals surface area contributed by atoms with E-state index in [0.29, 0.717) is 39.3 Å². The number of nitro benzene ring substituents is 1. The highest BCUT2D eigenvalue weighted by Crippen LogP contribution is 2.26. The zero-order valence-electron chi connectivity index (χ0n) is 14.3. The minimum absolute atomic E-state index is 0.00939. The van der Waals surface area contributed by atoms with Gasteiger partial charge in [0.1, 0.15) is 5.82 Å². The van der Waals surface area contributed by atoms with Crippen LogP contribution in [-0.4, -0.2) is 19.5 Å². The van der Waals surface area contributed by atoms with Crippen molar-refractivity contribution >= 4 is 40.4 Å². The van der Waals surface area contributed by atoms with Gasteiger partial charge < -0.3 is 5.32 Å². The van der Waals surface area contributed by atoms with Crippen LogP contribution in [0.15, 0.2) is 60.8 Å². The molecule has 0 fully saturated rings. The van der Waals surface area contributed by atoms with E-state index < -0.39 is 4.92 Å². The highest BCUT2D eigenvalue weighted by Gasteiger charge is 2.12. The van der Waals surface area contributed by atoms with Gasteiger partial charge in [-0.25, -0.2) is 4.98 Å². The number of non-ortho nitro benzene ring substituents is 1. The van der Waals surface area contributed by atoms with Crippen LogP contribution in [0.4, 0.5) is 11.5 Å². The molecule has 140 valence electrons. The van der Waals surface area contributed by atoms with Crippen LogP contribution in [0, 0.1) is 10.1 Å². The molecule has 0 spiro atoms. The van der Waals surface area contributed by atoms with Crippen molar-refractivity contribution in [1.82, 2.24) is 14.6 Å². The van der Waals surface area contributed by atoms with Crippen molar-refractivity contribution in [2.75, 3.05) is 5.32 Å². The first kappa shape index (κ1) is 18.2. The molecule has 9 heteroatoms. The molecule has 0 amide bonds. The fourth-order valence-corrected chi connectivity index (χ4v) is 3.29. The number of hydrogen-bond donors (Lipinski definition) is 1. The van der Waals surface area contributed by atoms with Crippen molar-refractivity contribution in [1.29, 1.82) is 0 Å². The third-order valence-electron chi connectivity index (χ3n) is 4.19. The van der Waals surface area contributed by atoms with Gasteiger partial charge in [-0.1, -0.05) is 41.4 Å². The molecular weight excluding hydrogens is 401 g/mol. The van der Waals surface area contributed by atoms with Gasteiger partial charge in [0.15, 0.2) is 5.65 Å². The van der Waals surface area contributed by atoms with E-state index in [0.717, 1.165) is 5.56 Å². The van der Waals surface area contributed by atoms with Gasteiger partial charge in [0, 0.05) is 46.4 Å². The van der Waals surface area contributed by atoms with Gasteiger partial charge in [0.05, 0.1) is 16.8 Å². The second-order valence-electron chi connectivity index (χ2n) is 6.02. The van der Waals surface area contributed by atoms with Crippen LogP contribution >= 0.6 is 23.2 Å². The molecule has 1 N–H and O–H groups in total. The molecule has 4 rings (SSSR count). The average molecular weight is 414 g/mol. The summed E-state index contributed by atoms with van der Waals surface area (Å²) in [6.07, 6.45) is 1.64. The minimum atomic E-state index is -0.428. The number of hydrogen-bond acceptors (Lipinski definition) is 5. The maximum absolute atomic E-state index is 11.1. The normalized spacial score (nSPS) is 10.9. The summed E-state index contributed by atoms with van der Waals surface area (Å²) in [5.41, 5.74) is 2.75. The van der Waals surface area contributed by atoms with Crippen LogP contribution < -0.4 is 5.32 Å². The number of aromatic nitrogens is 3. The molecule has 2 aromatic heterocycles. The van der Waals surface area contributed by atoms with E-state index in [-0.39, 0.29) is 5.69 Å². The smallest absolute Gasteiger partial charge is 0.270 e. The van der Waals surface area contributed by atoms with E-state index in [1.54, 1.807) is 47.1 Å². The van der Waals surface area contributed by atoms with Gasteiger partial charge in [-0.05, 0) is 17.7 Å². The monoisotopic (exact) mass is 413 g/mol. The Bertz CT molecular complexity index is 1190. The topological polar surface area (TPSA) is 85.4 Å². The van der Waals surface area contributed by atoms with Gasteiger partial charge in [-0.3, -0.25) is 10.1 Å². The van der Waals surface area contributed by atoms with Crippen LogP contribution in [0.1, 0.15) is 5.56 Å². The Labute approximate surface area is 169 Å². The van der Waals surface area contributed by atoms with Crippen molar-refractivity contribution < 1.29 is 4.92 Å². The van der Waals surface area contributed by atoms with Gasteiger partial charge >= 0.3 is 0 Å². The predicted molar refractivity (Wildman–Crippen MR) is 109 cm³/mol. The molecule has 7 nitrogen and oxygen atoms in total. The summed E-state index contributed by atoms with van der Waals surface area (Å²) in [5, 5.41) is 19.8. The predicted octanol–water partition coefficient (Wildman–Crippen LogP) is 5.22. The lowest BCUT2D eigenvalue weighted by Gasteiger charge is -2.12. The van der Waals surface area contributed by atoms with Crippen LogP contribution in [0.25, 0.3) is 16.9 Å². The standard InChI is InChI=1S/C19H13Cl2N5O2/c20-14-5-4-13(16(21)9-14)11-22-19-10-17(24-18-6-7-23-25(18)19)12-2-1-3-15(8-12)26(27)28/h1-10,22H,11H2. The van der Waals surface area contributed by atoms with Crippen molar-refractivity contribution in [3.8, 4) is 11.3 Å². The first-order chi connectivity index (χ1) is 13.5. The lowest BCUT2D eigenvalue weighted by Crippen LogP contribution is -2.07. The molecule has 4 aromatic rings. The third-order valence-corrected chi connectivity index (χ3v) is 4.77. The largest absolute Gasteiger partial charge is 0.366 e. The Kier molecular flexibility index (Phi) is 4.85. The molecule has 0 aliphatic carbocycles. The fourth-order valence-electron chi connectivity index (χ4n) is 2.82. The van der Waals surface area contributed by atoms with Crippen LogP contribution in [0.3, 0.4) is 0 Å². The van der Waals surface area contributed by atoms with Gasteiger partial charge in [-0.2, -0.15) is 9.61 Å². The van der Waals surface area contributed by atoms with E-state index in [4.69, 9.17) is 23.2 Å². The second kappa shape index (κ2) is 7.46. The van der Waals surface area contributed by atoms with Crippen molar-refractivity contribution in [3.05, 3.63) is 86.5 Å². The first-order valence-corrected chi connectivity index (χ1v) is 9.04. The lowest BCUT2D eigenvalue weighted by molar-refractivity contribution is -0.384. The summed E-state index contributed by atoms with van der Waals surface area (Å²) in [4.78, 5) is 15.2. The van der Waals surface area contributed by atoms with Crippen molar-refractivity contribution in [2.45, 2.75) is 6.54 Å². The molecule has 0 atom stereocenters. The van der Waals surface area contributed by atoms with Gasteiger partial charge in [0.25, 0.3) is 5.69 Å². The highest BCUT2D eigenvalue weighted by atomic mass is 35.5. The summed E-state index contributed by atoms with van der Waals surface area (Å²) in [6.45, 7) is 0.448. The maximum atomic E-state index is 11.1. The van der Waals surface area contributed by atoms with Crippen LogP contribution in [-0.2, 0) is 6.54 Å². The Morgan fingerprint density at radius 3 is 2.75 bits per heavy atom. The zero-order valence-corrected chi connectivity index (χ0v) is 15.9. The zero-order chi connectivity index (χ0) is 19.7. The van der Waals surface area contributed by atoms with Crippen molar-refractivity contribution in [3.63, 3.8) is 0 Å². The summed E-state index contributed by atoms with van der Waals surface area (Å²) in [5.74, 6) is 0.683. The summed E-state index contributed by atoms with van der Waals surface area (Å²) in [6, 6.07) is 15.2. The number of nitrogens with zero attached hydrogens (tertiary/aromatic N) is 4. The molecule has 2 heterocycles. The SMILES string of the molecule is O=[N+]([O-])c1cccc(-c2cc(NCc3ccc(Cl)cc3Cl)n3nccc3n2)c1. The van der Waals surface area contributed by atoms with E-state index in [1.807, 2.05) is 6.07 Å². The van der Waals surface area contributed by atoms with Gasteiger partial charge in [-0.15, -0.1) is 0 Å². The molecular formula is C19H13Cl2N5O2. The molecule has 0 saturated heterocycles. The number of rotatable bonds is 5. The Hall–Kier alpha value is -3.16. The minimum Gasteiger partial charge on any atom is -0.366 e. The Morgan fingerprint density at radius 1 is 1.11 bits per heavy atom. The first-order valence-electron chi connectivity index (χ1n) is 8.29. The number of halogens is 2. The molecule has 0 unspecified atom stereocenters. The van der Waals surface area contributed by atoms with E-state index in [1.165, 1.54) is 12.1 Å². The number of anilines is 1. The second-order valence-corrected chi connectivity index (χ2v) is 6.87. The summed E-state index contributed by atoms with van der Waals surface area (Å²) in [7, 11) is 0. The molecule has 0 radical (unpaired) electrons. The molecule has 0 aliphatic heterocycles. The van der Waals surface area contributed by atoms with E-state index in [2.05, 4.69) is 15.4 Å². The van der Waals surface area contributed by atoms with Crippen molar-refractivity contribution in [2.24, 2.45) is 0 Å². The molecule has 0 saturated carbocycles.